The number of anilines is 1. The molecule has 0 aliphatic carbocycles. The molecule has 0 unspecified atom stereocenters. The van der Waals surface area contributed by atoms with Crippen LogP contribution < -0.4 is 4.90 Å². The minimum atomic E-state index is -0.402. The number of likely N-dealkylation sites (N-methyl/N-ethyl adjacent to an activating group) is 1. The van der Waals surface area contributed by atoms with E-state index in [9.17, 15) is 10.1 Å². The maximum Gasteiger partial charge on any atom is 0.287 e. The summed E-state index contributed by atoms with van der Waals surface area (Å²) in [7, 11) is 3.93. The molecule has 0 amide bonds. The Kier molecular flexibility index (Phi) is 4.63. The first-order valence-electron chi connectivity index (χ1n) is 11.2. The van der Waals surface area contributed by atoms with E-state index in [1.165, 1.54) is 18.0 Å². The van der Waals surface area contributed by atoms with Crippen molar-refractivity contribution in [2.24, 2.45) is 7.05 Å². The van der Waals surface area contributed by atoms with Crippen LogP contribution in [0.15, 0.2) is 48.7 Å². The molecule has 1 aliphatic heterocycles. The van der Waals surface area contributed by atoms with E-state index >= 15 is 0 Å². The van der Waals surface area contributed by atoms with Gasteiger partial charge in [-0.05, 0) is 43.4 Å². The molecule has 1 saturated heterocycles. The van der Waals surface area contributed by atoms with Gasteiger partial charge in [-0.3, -0.25) is 10.1 Å². The van der Waals surface area contributed by atoms with Gasteiger partial charge in [0.15, 0.2) is 5.82 Å². The van der Waals surface area contributed by atoms with Crippen LogP contribution >= 0.6 is 0 Å². The minimum Gasteiger partial charge on any atom is -0.369 e. The van der Waals surface area contributed by atoms with Crippen LogP contribution in [-0.4, -0.2) is 67.6 Å². The molecule has 2 N–H and O–H groups in total. The molecule has 0 bridgehead atoms. The van der Waals surface area contributed by atoms with Gasteiger partial charge in [0.2, 0.25) is 0 Å². The van der Waals surface area contributed by atoms with E-state index in [4.69, 9.17) is 4.98 Å². The molecule has 0 radical (unpaired) electrons. The van der Waals surface area contributed by atoms with Crippen molar-refractivity contribution in [2.45, 2.75) is 0 Å². The number of fused-ring (bicyclic) bond motifs is 2. The molecule has 1 fully saturated rings. The van der Waals surface area contributed by atoms with Crippen molar-refractivity contribution >= 4 is 33.4 Å². The van der Waals surface area contributed by atoms with Crippen molar-refractivity contribution in [1.82, 2.24) is 29.4 Å². The first-order valence-corrected chi connectivity index (χ1v) is 11.2. The number of rotatable bonds is 4. The van der Waals surface area contributed by atoms with Crippen LogP contribution in [0, 0.1) is 10.1 Å². The fraction of sp³-hybridized carbons (Fsp3) is 0.250. The van der Waals surface area contributed by atoms with Gasteiger partial charge in [-0.25, -0.2) is 9.97 Å². The van der Waals surface area contributed by atoms with Crippen molar-refractivity contribution in [1.29, 1.82) is 0 Å². The van der Waals surface area contributed by atoms with E-state index in [1.54, 1.807) is 11.6 Å². The molecule has 0 saturated carbocycles. The monoisotopic (exact) mass is 456 g/mol. The second-order valence-corrected chi connectivity index (χ2v) is 8.85. The van der Waals surface area contributed by atoms with Gasteiger partial charge in [-0.15, -0.1) is 0 Å². The molecule has 6 rings (SSSR count). The molecule has 1 aliphatic rings. The Morgan fingerprint density at radius 2 is 1.56 bits per heavy atom. The van der Waals surface area contributed by atoms with E-state index in [0.29, 0.717) is 11.5 Å². The summed E-state index contributed by atoms with van der Waals surface area (Å²) in [5.74, 6) is 1.38. The number of piperazine rings is 1. The highest BCUT2D eigenvalue weighted by Gasteiger charge is 2.18. The SMILES string of the molecule is CN1CCN(c2ccc3nc(-c4ccc5nc(-c6cc([N+](=O)[O-])cn6C)[nH]c5c4)[nH]c3c2)CC1. The largest absolute Gasteiger partial charge is 0.369 e. The van der Waals surface area contributed by atoms with Crippen molar-refractivity contribution in [3.8, 4) is 22.9 Å². The van der Waals surface area contributed by atoms with Gasteiger partial charge in [-0.1, -0.05) is 0 Å². The van der Waals surface area contributed by atoms with Gasteiger partial charge in [0.1, 0.15) is 5.82 Å². The number of aromatic nitrogens is 5. The predicted octanol–water partition coefficient (Wildman–Crippen LogP) is 3.77. The molecule has 10 nitrogen and oxygen atoms in total. The van der Waals surface area contributed by atoms with E-state index in [-0.39, 0.29) is 5.69 Å². The molecular formula is C24H24N8O2. The molecule has 0 atom stereocenters. The van der Waals surface area contributed by atoms with Crippen LogP contribution in [0.1, 0.15) is 0 Å². The van der Waals surface area contributed by atoms with Gasteiger partial charge in [0.25, 0.3) is 5.69 Å². The van der Waals surface area contributed by atoms with E-state index in [2.05, 4.69) is 50.0 Å². The van der Waals surface area contributed by atoms with E-state index in [0.717, 1.165) is 59.6 Å². The summed E-state index contributed by atoms with van der Waals surface area (Å²) in [5, 5.41) is 11.1. The van der Waals surface area contributed by atoms with Gasteiger partial charge in [-0.2, -0.15) is 0 Å². The molecule has 3 aromatic heterocycles. The van der Waals surface area contributed by atoms with Crippen LogP contribution in [0.3, 0.4) is 0 Å². The minimum absolute atomic E-state index is 0.0388. The van der Waals surface area contributed by atoms with Crippen LogP contribution in [0.2, 0.25) is 0 Å². The van der Waals surface area contributed by atoms with Crippen LogP contribution in [0.5, 0.6) is 0 Å². The summed E-state index contributed by atoms with van der Waals surface area (Å²) in [6.45, 7) is 4.17. The van der Waals surface area contributed by atoms with Crippen molar-refractivity contribution in [3.05, 3.63) is 58.8 Å². The molecule has 0 spiro atoms. The lowest BCUT2D eigenvalue weighted by atomic mass is 10.2. The Labute approximate surface area is 195 Å². The number of nitrogens with one attached hydrogen (secondary N) is 2. The quantitative estimate of drug-likeness (QED) is 0.315. The standard InChI is InChI=1S/C24H24N8O2/c1-29-7-9-31(10-8-29)16-4-6-19-21(12-16)27-23(25-19)15-3-5-18-20(11-15)28-24(26-18)22-13-17(32(33)34)14-30(22)2/h3-6,11-14H,7-10H2,1-2H3,(H,25,27)(H,26,28). The number of imidazole rings is 2. The summed E-state index contributed by atoms with van der Waals surface area (Å²) in [6, 6.07) is 13.8. The smallest absolute Gasteiger partial charge is 0.287 e. The van der Waals surface area contributed by atoms with Gasteiger partial charge >= 0.3 is 0 Å². The summed E-state index contributed by atoms with van der Waals surface area (Å²) in [5.41, 5.74) is 6.41. The van der Waals surface area contributed by atoms with Gasteiger partial charge in [0, 0.05) is 50.5 Å². The summed E-state index contributed by atoms with van der Waals surface area (Å²) in [6.07, 6.45) is 1.48. The van der Waals surface area contributed by atoms with Crippen molar-refractivity contribution < 1.29 is 4.92 Å². The summed E-state index contributed by atoms with van der Waals surface area (Å²) in [4.78, 5) is 31.7. The molecule has 34 heavy (non-hydrogen) atoms. The van der Waals surface area contributed by atoms with Gasteiger partial charge < -0.3 is 24.3 Å². The first-order chi connectivity index (χ1) is 16.4. The fourth-order valence-electron chi connectivity index (χ4n) is 4.56. The second-order valence-electron chi connectivity index (χ2n) is 8.85. The third kappa shape index (κ3) is 3.48. The second kappa shape index (κ2) is 7.70. The lowest BCUT2D eigenvalue weighted by molar-refractivity contribution is -0.384. The van der Waals surface area contributed by atoms with Crippen LogP contribution in [0.25, 0.3) is 45.0 Å². The molecular weight excluding hydrogens is 432 g/mol. The maximum absolute atomic E-state index is 11.1. The maximum atomic E-state index is 11.1. The lowest BCUT2D eigenvalue weighted by Gasteiger charge is -2.34. The average Bonchev–Trinajstić information content (AvgIpc) is 3.54. The number of hydrogen-bond donors (Lipinski definition) is 2. The van der Waals surface area contributed by atoms with E-state index in [1.807, 2.05) is 18.2 Å². The number of benzene rings is 2. The van der Waals surface area contributed by atoms with Crippen LogP contribution in [-0.2, 0) is 7.05 Å². The number of nitro groups is 1. The highest BCUT2D eigenvalue weighted by molar-refractivity contribution is 5.87. The first kappa shape index (κ1) is 20.4. The Morgan fingerprint density at radius 3 is 2.29 bits per heavy atom. The normalized spacial score (nSPS) is 14.9. The zero-order valence-electron chi connectivity index (χ0n) is 18.9. The predicted molar refractivity (Wildman–Crippen MR) is 132 cm³/mol. The molecule has 5 aromatic rings. The molecule has 172 valence electrons. The Bertz CT molecular complexity index is 1540. The Balaban J connectivity index is 1.32. The van der Waals surface area contributed by atoms with Crippen molar-refractivity contribution in [3.63, 3.8) is 0 Å². The number of nitrogens with zero attached hydrogens (tertiary/aromatic N) is 6. The topological polar surface area (TPSA) is 112 Å². The summed E-state index contributed by atoms with van der Waals surface area (Å²) >= 11 is 0. The summed E-state index contributed by atoms with van der Waals surface area (Å²) < 4.78 is 1.70. The Hall–Kier alpha value is -4.18. The van der Waals surface area contributed by atoms with Crippen molar-refractivity contribution in [2.75, 3.05) is 38.1 Å². The number of hydrogen-bond acceptors (Lipinski definition) is 6. The highest BCUT2D eigenvalue weighted by atomic mass is 16.6. The number of aromatic amines is 2. The van der Waals surface area contributed by atoms with Crippen LogP contribution in [0.4, 0.5) is 11.4 Å². The average molecular weight is 457 g/mol. The zero-order chi connectivity index (χ0) is 23.4. The fourth-order valence-corrected chi connectivity index (χ4v) is 4.56. The lowest BCUT2D eigenvalue weighted by Crippen LogP contribution is -2.44. The Morgan fingerprint density at radius 1 is 0.882 bits per heavy atom. The molecule has 10 heteroatoms. The zero-order valence-corrected chi connectivity index (χ0v) is 18.9. The third-order valence-electron chi connectivity index (χ3n) is 6.53. The number of H-pyrrole nitrogens is 2. The molecule has 2 aromatic carbocycles. The highest BCUT2D eigenvalue weighted by Crippen LogP contribution is 2.29. The number of aryl methyl sites for hydroxylation is 1. The molecule has 4 heterocycles. The van der Waals surface area contributed by atoms with Gasteiger partial charge in [0.05, 0.1) is 38.9 Å². The van der Waals surface area contributed by atoms with E-state index < -0.39 is 4.92 Å². The third-order valence-corrected chi connectivity index (χ3v) is 6.53.